The van der Waals surface area contributed by atoms with E-state index in [1.165, 1.54) is 19.1 Å². The lowest BCUT2D eigenvalue weighted by Crippen LogP contribution is -2.30. The highest BCUT2D eigenvalue weighted by Crippen LogP contribution is 2.30. The molecule has 2 heterocycles. The molecule has 0 saturated carbocycles. The van der Waals surface area contributed by atoms with Crippen LogP contribution in [0.25, 0.3) is 11.3 Å². The molecule has 2 aliphatic heterocycles. The van der Waals surface area contributed by atoms with Crippen LogP contribution in [0.5, 0.6) is 0 Å². The third kappa shape index (κ3) is 4.13. The van der Waals surface area contributed by atoms with Crippen molar-refractivity contribution >= 4 is 28.0 Å². The number of hydrogen-bond donors (Lipinski definition) is 2. The fourth-order valence-electron chi connectivity index (χ4n) is 2.76. The lowest BCUT2D eigenvalue weighted by Gasteiger charge is -2.15. The van der Waals surface area contributed by atoms with Crippen LogP contribution < -0.4 is 10.8 Å². The van der Waals surface area contributed by atoms with E-state index >= 15 is 0 Å². The average Bonchev–Trinajstić information content (AvgIpc) is 3.03. The van der Waals surface area contributed by atoms with Gasteiger partial charge in [-0.1, -0.05) is 6.08 Å². The quantitative estimate of drug-likeness (QED) is 0.852. The summed E-state index contributed by atoms with van der Waals surface area (Å²) in [5.74, 6) is -0.781. The summed E-state index contributed by atoms with van der Waals surface area (Å²) in [7, 11) is -0.951. The monoisotopic (exact) mass is 368 g/mol. The molecule has 3 rings (SSSR count). The molecule has 5 nitrogen and oxygen atoms in total. The van der Waals surface area contributed by atoms with Gasteiger partial charge < -0.3 is 5.32 Å². The van der Waals surface area contributed by atoms with Gasteiger partial charge in [0.15, 0.2) is 0 Å². The highest BCUT2D eigenvalue weighted by molar-refractivity contribution is 7.85. The van der Waals surface area contributed by atoms with E-state index in [-0.39, 0.29) is 18.0 Å². The summed E-state index contributed by atoms with van der Waals surface area (Å²) in [6.07, 6.45) is 3.27. The molecule has 8 heteroatoms. The molecule has 0 radical (unpaired) electrons. The smallest absolute Gasteiger partial charge is 0.216 e. The Balaban J connectivity index is 1.82. The number of nitrogens with one attached hydrogen (secondary N) is 2. The molecule has 0 fully saturated rings. The highest BCUT2D eigenvalue weighted by atomic mass is 32.2. The number of allylic oxidation sites excluding steroid dienone is 1. The number of benzene rings is 1. The Morgan fingerprint density at radius 1 is 1.40 bits per heavy atom. The van der Waals surface area contributed by atoms with Crippen LogP contribution in [0, 0.1) is 11.6 Å². The summed E-state index contributed by atoms with van der Waals surface area (Å²) in [6.45, 7) is 1.66. The van der Waals surface area contributed by atoms with Crippen molar-refractivity contribution in [3.05, 3.63) is 47.0 Å². The maximum Gasteiger partial charge on any atom is 0.216 e. The Morgan fingerprint density at radius 3 is 2.72 bits per heavy atom. The van der Waals surface area contributed by atoms with Gasteiger partial charge in [0.1, 0.15) is 17.7 Å². The van der Waals surface area contributed by atoms with Crippen molar-refractivity contribution in [2.24, 2.45) is 0 Å². The van der Waals surface area contributed by atoms with Crippen LogP contribution in [0.1, 0.15) is 24.5 Å². The first-order valence-electron chi connectivity index (χ1n) is 7.85. The largest absolute Gasteiger partial charge is 0.353 e. The summed E-state index contributed by atoms with van der Waals surface area (Å²) < 4.78 is 40.4. The van der Waals surface area contributed by atoms with Crippen LogP contribution in [0.4, 0.5) is 8.78 Å². The third-order valence-corrected chi connectivity index (χ3v) is 5.21. The molecule has 2 unspecified atom stereocenters. The molecule has 0 bridgehead atoms. The second kappa shape index (κ2) is 7.45. The molecule has 2 N–H and O–H groups in total. The van der Waals surface area contributed by atoms with Crippen molar-refractivity contribution in [2.45, 2.75) is 19.4 Å². The van der Waals surface area contributed by atoms with E-state index in [1.807, 2.05) is 0 Å². The van der Waals surface area contributed by atoms with Crippen molar-refractivity contribution in [1.82, 2.24) is 10.8 Å². The predicted molar refractivity (Wildman–Crippen MR) is 91.5 cm³/mol. The molecule has 25 heavy (non-hydrogen) atoms. The van der Waals surface area contributed by atoms with Crippen molar-refractivity contribution in [3.8, 4) is 0 Å². The van der Waals surface area contributed by atoms with Gasteiger partial charge >= 0.3 is 0 Å². The second-order valence-corrected chi connectivity index (χ2v) is 7.50. The van der Waals surface area contributed by atoms with Gasteiger partial charge in [-0.05, 0) is 30.2 Å². The predicted octanol–water partition coefficient (Wildman–Crippen LogP) is 1.88. The fraction of sp³-hybridized carbons (Fsp3) is 0.353. The standard InChI is InChI=1S/C17H18F2N2O3S/c1-10(22)20-9-13-8-16(21-24-13)12-6-14(18)17(15(19)7-12)11-2-4-25(23)5-3-11/h2,6-8,13,21H,3-5,9H2,1H3,(H,20,22). The minimum atomic E-state index is -0.951. The Morgan fingerprint density at radius 2 is 2.12 bits per heavy atom. The number of rotatable bonds is 4. The topological polar surface area (TPSA) is 67.4 Å². The SMILES string of the molecule is CC(=O)NCC1C=C(c2cc(F)c(C3=CCS(=O)CC3)c(F)c2)NO1. The van der Waals surface area contributed by atoms with Crippen LogP contribution in [-0.2, 0) is 20.4 Å². The van der Waals surface area contributed by atoms with Gasteiger partial charge in [0.25, 0.3) is 0 Å². The van der Waals surface area contributed by atoms with E-state index in [1.54, 1.807) is 12.2 Å². The molecule has 2 aliphatic rings. The van der Waals surface area contributed by atoms with Crippen molar-refractivity contribution in [2.75, 3.05) is 18.1 Å². The number of amides is 1. The van der Waals surface area contributed by atoms with Gasteiger partial charge in [-0.2, -0.15) is 0 Å². The molecular weight excluding hydrogens is 350 g/mol. The lowest BCUT2D eigenvalue weighted by molar-refractivity contribution is -0.119. The van der Waals surface area contributed by atoms with Crippen LogP contribution >= 0.6 is 0 Å². The fourth-order valence-corrected chi connectivity index (χ4v) is 3.76. The summed E-state index contributed by atoms with van der Waals surface area (Å²) in [6, 6.07) is 2.49. The van der Waals surface area contributed by atoms with E-state index < -0.39 is 28.5 Å². The van der Waals surface area contributed by atoms with E-state index in [4.69, 9.17) is 4.84 Å². The first-order valence-corrected chi connectivity index (χ1v) is 9.34. The van der Waals surface area contributed by atoms with Crippen LogP contribution in [0.15, 0.2) is 24.3 Å². The molecular formula is C17H18F2N2O3S. The Kier molecular flexibility index (Phi) is 5.29. The van der Waals surface area contributed by atoms with Gasteiger partial charge in [-0.25, -0.2) is 8.78 Å². The number of carbonyl (C=O) groups excluding carboxylic acids is 1. The normalized spacial score (nSPS) is 22.8. The van der Waals surface area contributed by atoms with Gasteiger partial charge in [0.05, 0.1) is 12.2 Å². The van der Waals surface area contributed by atoms with Crippen molar-refractivity contribution in [3.63, 3.8) is 0 Å². The van der Waals surface area contributed by atoms with Gasteiger partial charge in [0, 0.05) is 40.4 Å². The maximum absolute atomic E-state index is 14.5. The first kappa shape index (κ1) is 17.8. The first-order chi connectivity index (χ1) is 11.9. The summed E-state index contributed by atoms with van der Waals surface area (Å²) >= 11 is 0. The summed E-state index contributed by atoms with van der Waals surface area (Å²) in [5, 5.41) is 2.61. The number of hydrogen-bond acceptors (Lipinski definition) is 4. The van der Waals surface area contributed by atoms with Crippen LogP contribution in [0.3, 0.4) is 0 Å². The molecule has 134 valence electrons. The van der Waals surface area contributed by atoms with Crippen molar-refractivity contribution in [1.29, 1.82) is 0 Å². The zero-order chi connectivity index (χ0) is 18.0. The Labute approximate surface area is 146 Å². The minimum Gasteiger partial charge on any atom is -0.353 e. The highest BCUT2D eigenvalue weighted by Gasteiger charge is 2.22. The third-order valence-electron chi connectivity index (χ3n) is 4.01. The van der Waals surface area contributed by atoms with Gasteiger partial charge in [0.2, 0.25) is 5.91 Å². The number of hydroxylamine groups is 1. The molecule has 1 amide bonds. The van der Waals surface area contributed by atoms with Gasteiger partial charge in [-0.15, -0.1) is 0 Å². The molecule has 0 spiro atoms. The maximum atomic E-state index is 14.5. The van der Waals surface area contributed by atoms with Gasteiger partial charge in [-0.3, -0.25) is 19.3 Å². The molecule has 0 aromatic heterocycles. The average molecular weight is 368 g/mol. The number of carbonyl (C=O) groups is 1. The van der Waals surface area contributed by atoms with Crippen molar-refractivity contribution < 1.29 is 22.6 Å². The second-order valence-electron chi connectivity index (χ2n) is 5.88. The zero-order valence-electron chi connectivity index (χ0n) is 13.6. The Bertz CT molecular complexity index is 769. The minimum absolute atomic E-state index is 0.0604. The van der Waals surface area contributed by atoms with E-state index in [9.17, 15) is 17.8 Å². The Hall–Kier alpha value is -2.06. The zero-order valence-corrected chi connectivity index (χ0v) is 14.4. The van der Waals surface area contributed by atoms with Crippen LogP contribution in [0.2, 0.25) is 0 Å². The molecule has 1 aromatic rings. The number of halogens is 2. The molecule has 0 aliphatic carbocycles. The lowest BCUT2D eigenvalue weighted by atomic mass is 9.99. The van der Waals surface area contributed by atoms with E-state index in [0.717, 1.165) is 0 Å². The molecule has 1 aromatic carbocycles. The molecule has 0 saturated heterocycles. The summed E-state index contributed by atoms with van der Waals surface area (Å²) in [4.78, 5) is 16.2. The van der Waals surface area contributed by atoms with Crippen LogP contribution in [-0.4, -0.2) is 34.3 Å². The van der Waals surface area contributed by atoms with E-state index in [0.29, 0.717) is 34.8 Å². The molecule has 2 atom stereocenters. The van der Waals surface area contributed by atoms with E-state index in [2.05, 4.69) is 10.8 Å². The summed E-state index contributed by atoms with van der Waals surface area (Å²) in [5.41, 5.74) is 3.88.